The van der Waals surface area contributed by atoms with Gasteiger partial charge >= 0.3 is 0 Å². The molecule has 3 aromatic rings. The summed E-state index contributed by atoms with van der Waals surface area (Å²) in [4.78, 5) is 2.12. The van der Waals surface area contributed by atoms with Crippen molar-refractivity contribution < 1.29 is 4.42 Å². The largest absolute Gasteiger partial charge is 0.454 e. The molecule has 0 bridgehead atoms. The Labute approximate surface area is 116 Å². The molecule has 1 aliphatic rings. The van der Waals surface area contributed by atoms with E-state index >= 15 is 0 Å². The number of para-hydroxylation sites is 2. The fourth-order valence-electron chi connectivity index (χ4n) is 2.66. The van der Waals surface area contributed by atoms with Gasteiger partial charge in [-0.3, -0.25) is 5.01 Å². The molecular formula is C16H15N3O. The number of anilines is 1. The van der Waals surface area contributed by atoms with Crippen molar-refractivity contribution >= 4 is 34.0 Å². The molecule has 0 saturated carbocycles. The third-order valence-electron chi connectivity index (χ3n) is 3.73. The van der Waals surface area contributed by atoms with E-state index in [-0.39, 0.29) is 0 Å². The normalized spacial score (nSPS) is 14.8. The van der Waals surface area contributed by atoms with E-state index in [4.69, 9.17) is 4.42 Å². The number of rotatable bonds is 2. The van der Waals surface area contributed by atoms with E-state index in [1.807, 2.05) is 29.5 Å². The Hall–Kier alpha value is -2.49. The lowest BCUT2D eigenvalue weighted by Gasteiger charge is -2.17. The van der Waals surface area contributed by atoms with Gasteiger partial charge in [-0.25, -0.2) is 0 Å². The number of hydrogen-bond acceptors (Lipinski definition) is 4. The highest BCUT2D eigenvalue weighted by Crippen LogP contribution is 2.35. The smallest absolute Gasteiger partial charge is 0.159 e. The molecule has 2 aromatic carbocycles. The maximum atomic E-state index is 6.04. The molecule has 0 saturated heterocycles. The SMILES string of the molecule is CCN1CN(c2cccc3c2oc2ccccc23)C=N1. The van der Waals surface area contributed by atoms with Crippen LogP contribution in [0.25, 0.3) is 21.9 Å². The van der Waals surface area contributed by atoms with Gasteiger partial charge in [0.1, 0.15) is 18.6 Å². The van der Waals surface area contributed by atoms with Gasteiger partial charge < -0.3 is 9.32 Å². The Kier molecular flexibility index (Phi) is 2.42. The van der Waals surface area contributed by atoms with Crippen molar-refractivity contribution in [1.29, 1.82) is 0 Å². The molecule has 0 unspecified atom stereocenters. The highest BCUT2D eigenvalue weighted by atomic mass is 16.3. The van der Waals surface area contributed by atoms with Gasteiger partial charge in [-0.05, 0) is 19.1 Å². The van der Waals surface area contributed by atoms with Crippen LogP contribution in [0.2, 0.25) is 0 Å². The van der Waals surface area contributed by atoms with Crippen molar-refractivity contribution in [2.75, 3.05) is 18.1 Å². The zero-order valence-corrected chi connectivity index (χ0v) is 11.3. The maximum absolute atomic E-state index is 6.04. The van der Waals surface area contributed by atoms with Gasteiger partial charge in [0, 0.05) is 17.3 Å². The Balaban J connectivity index is 1.90. The minimum atomic E-state index is 0.770. The summed E-state index contributed by atoms with van der Waals surface area (Å²) in [6.07, 6.45) is 1.87. The quantitative estimate of drug-likeness (QED) is 0.709. The topological polar surface area (TPSA) is 32.0 Å². The van der Waals surface area contributed by atoms with Crippen LogP contribution in [0, 0.1) is 0 Å². The lowest BCUT2D eigenvalue weighted by atomic mass is 10.1. The summed E-state index contributed by atoms with van der Waals surface area (Å²) in [6, 6.07) is 14.4. The van der Waals surface area contributed by atoms with Crippen molar-refractivity contribution in [3.05, 3.63) is 42.5 Å². The first-order chi connectivity index (χ1) is 9.86. The van der Waals surface area contributed by atoms with Crippen LogP contribution in [-0.4, -0.2) is 24.6 Å². The molecule has 0 atom stereocenters. The molecule has 0 spiro atoms. The second-order valence-corrected chi connectivity index (χ2v) is 4.92. The number of hydrogen-bond donors (Lipinski definition) is 0. The van der Waals surface area contributed by atoms with Gasteiger partial charge in [-0.15, -0.1) is 0 Å². The second kappa shape index (κ2) is 4.27. The van der Waals surface area contributed by atoms with Crippen molar-refractivity contribution in [2.45, 2.75) is 6.92 Å². The Morgan fingerprint density at radius 3 is 2.80 bits per heavy atom. The first kappa shape index (κ1) is 11.3. The molecule has 4 heteroatoms. The summed E-state index contributed by atoms with van der Waals surface area (Å²) >= 11 is 0. The van der Waals surface area contributed by atoms with Crippen LogP contribution in [0.3, 0.4) is 0 Å². The van der Waals surface area contributed by atoms with Crippen molar-refractivity contribution in [1.82, 2.24) is 5.01 Å². The van der Waals surface area contributed by atoms with Gasteiger partial charge in [0.15, 0.2) is 5.58 Å². The minimum absolute atomic E-state index is 0.770. The highest BCUT2D eigenvalue weighted by molar-refractivity contribution is 6.10. The molecular weight excluding hydrogens is 250 g/mol. The predicted octanol–water partition coefficient (Wildman–Crippen LogP) is 3.63. The molecule has 0 radical (unpaired) electrons. The Morgan fingerprint density at radius 1 is 1.10 bits per heavy atom. The van der Waals surface area contributed by atoms with Crippen molar-refractivity contribution in [3.63, 3.8) is 0 Å². The van der Waals surface area contributed by atoms with Gasteiger partial charge in [0.25, 0.3) is 0 Å². The Morgan fingerprint density at radius 2 is 1.95 bits per heavy atom. The summed E-state index contributed by atoms with van der Waals surface area (Å²) < 4.78 is 6.04. The zero-order valence-electron chi connectivity index (χ0n) is 11.3. The van der Waals surface area contributed by atoms with Crippen LogP contribution in [-0.2, 0) is 0 Å². The average Bonchev–Trinajstić information content (AvgIpc) is 3.11. The van der Waals surface area contributed by atoms with E-state index in [1.54, 1.807) is 0 Å². The first-order valence-electron chi connectivity index (χ1n) is 6.83. The number of fused-ring (bicyclic) bond motifs is 3. The molecule has 100 valence electrons. The molecule has 4 nitrogen and oxygen atoms in total. The van der Waals surface area contributed by atoms with Crippen LogP contribution in [0.15, 0.2) is 52.0 Å². The van der Waals surface area contributed by atoms with E-state index in [0.717, 1.165) is 40.8 Å². The second-order valence-electron chi connectivity index (χ2n) is 4.92. The summed E-state index contributed by atoms with van der Waals surface area (Å²) in [5.41, 5.74) is 2.93. The molecule has 0 aliphatic carbocycles. The fraction of sp³-hybridized carbons (Fsp3) is 0.188. The monoisotopic (exact) mass is 265 g/mol. The third-order valence-corrected chi connectivity index (χ3v) is 3.73. The van der Waals surface area contributed by atoms with Crippen LogP contribution >= 0.6 is 0 Å². The van der Waals surface area contributed by atoms with Crippen LogP contribution in [0.1, 0.15) is 6.92 Å². The third kappa shape index (κ3) is 1.58. The molecule has 0 fully saturated rings. The molecule has 0 amide bonds. The molecule has 2 heterocycles. The summed E-state index contributed by atoms with van der Waals surface area (Å²) in [5.74, 6) is 0. The number of nitrogens with zero attached hydrogens (tertiary/aromatic N) is 3. The lowest BCUT2D eigenvalue weighted by molar-refractivity contribution is 0.337. The van der Waals surface area contributed by atoms with Gasteiger partial charge in [-0.2, -0.15) is 5.10 Å². The van der Waals surface area contributed by atoms with Crippen molar-refractivity contribution in [2.24, 2.45) is 5.10 Å². The van der Waals surface area contributed by atoms with E-state index < -0.39 is 0 Å². The summed E-state index contributed by atoms with van der Waals surface area (Å²) in [6.45, 7) is 3.78. The summed E-state index contributed by atoms with van der Waals surface area (Å²) in [7, 11) is 0. The van der Waals surface area contributed by atoms with Crippen molar-refractivity contribution in [3.8, 4) is 0 Å². The molecule has 1 aromatic heterocycles. The zero-order chi connectivity index (χ0) is 13.5. The van der Waals surface area contributed by atoms with Gasteiger partial charge in [0.2, 0.25) is 0 Å². The molecule has 0 N–H and O–H groups in total. The summed E-state index contributed by atoms with van der Waals surface area (Å²) in [5, 5.41) is 8.69. The molecule has 4 rings (SSSR count). The number of furan rings is 1. The minimum Gasteiger partial charge on any atom is -0.454 e. The van der Waals surface area contributed by atoms with E-state index in [9.17, 15) is 0 Å². The average molecular weight is 265 g/mol. The van der Waals surface area contributed by atoms with E-state index in [1.165, 1.54) is 0 Å². The number of benzene rings is 2. The van der Waals surface area contributed by atoms with E-state index in [0.29, 0.717) is 0 Å². The van der Waals surface area contributed by atoms with Crippen LogP contribution < -0.4 is 4.90 Å². The Bertz CT molecular complexity index is 806. The number of hydrazone groups is 1. The fourth-order valence-corrected chi connectivity index (χ4v) is 2.66. The standard InChI is InChI=1S/C16H15N3O/c1-2-19-11-18(10-17-19)14-8-5-7-13-12-6-3-4-9-15(12)20-16(13)14/h3-10H,2,11H2,1H3. The van der Waals surface area contributed by atoms with E-state index in [2.05, 4.69) is 41.2 Å². The van der Waals surface area contributed by atoms with Crippen LogP contribution in [0.4, 0.5) is 5.69 Å². The first-order valence-corrected chi connectivity index (χ1v) is 6.83. The molecule has 20 heavy (non-hydrogen) atoms. The predicted molar refractivity (Wildman–Crippen MR) is 81.9 cm³/mol. The maximum Gasteiger partial charge on any atom is 0.159 e. The van der Waals surface area contributed by atoms with Gasteiger partial charge in [-0.1, -0.05) is 30.3 Å². The lowest BCUT2D eigenvalue weighted by Crippen LogP contribution is -2.26. The van der Waals surface area contributed by atoms with Crippen LogP contribution in [0.5, 0.6) is 0 Å². The molecule has 1 aliphatic heterocycles. The highest BCUT2D eigenvalue weighted by Gasteiger charge is 2.18. The van der Waals surface area contributed by atoms with Gasteiger partial charge in [0.05, 0.1) is 5.69 Å².